The highest BCUT2D eigenvalue weighted by Crippen LogP contribution is 2.24. The molecule has 18 heavy (non-hydrogen) atoms. The molecular weight excluding hydrogens is 230 g/mol. The van der Waals surface area contributed by atoms with Gasteiger partial charge >= 0.3 is 5.97 Å². The van der Waals surface area contributed by atoms with Crippen molar-refractivity contribution in [1.29, 1.82) is 0 Å². The van der Waals surface area contributed by atoms with Crippen LogP contribution in [0.15, 0.2) is 24.3 Å². The van der Waals surface area contributed by atoms with Crippen molar-refractivity contribution in [3.63, 3.8) is 0 Å². The van der Waals surface area contributed by atoms with Crippen LogP contribution in [0.5, 0.6) is 5.75 Å². The van der Waals surface area contributed by atoms with Gasteiger partial charge in [0.2, 0.25) is 0 Å². The van der Waals surface area contributed by atoms with Gasteiger partial charge in [-0.1, -0.05) is 12.1 Å². The number of hydrogen-bond acceptors (Lipinski definition) is 4. The summed E-state index contributed by atoms with van der Waals surface area (Å²) in [4.78, 5) is 11.4. The predicted molar refractivity (Wildman–Crippen MR) is 71.9 cm³/mol. The highest BCUT2D eigenvalue weighted by atomic mass is 16.5. The number of benzene rings is 1. The molecule has 4 heteroatoms. The number of nitrogens with one attached hydrogen (secondary N) is 1. The van der Waals surface area contributed by atoms with Gasteiger partial charge in [-0.2, -0.15) is 0 Å². The second kappa shape index (κ2) is 7.58. The molecular formula is C14H21NO3. The molecule has 0 amide bonds. The van der Waals surface area contributed by atoms with Crippen molar-refractivity contribution >= 4 is 11.7 Å². The monoisotopic (exact) mass is 251 g/mol. The van der Waals surface area contributed by atoms with Gasteiger partial charge in [0.1, 0.15) is 5.75 Å². The van der Waals surface area contributed by atoms with Crippen molar-refractivity contribution in [1.82, 2.24) is 0 Å². The minimum absolute atomic E-state index is 0.00524. The van der Waals surface area contributed by atoms with Crippen molar-refractivity contribution in [3.05, 3.63) is 24.3 Å². The molecule has 0 radical (unpaired) electrons. The van der Waals surface area contributed by atoms with Gasteiger partial charge in [0, 0.05) is 6.04 Å². The maximum absolute atomic E-state index is 11.4. The Balaban J connectivity index is 2.58. The van der Waals surface area contributed by atoms with Crippen molar-refractivity contribution in [2.75, 3.05) is 18.5 Å². The first kappa shape index (κ1) is 14.4. The number of rotatable bonds is 7. The van der Waals surface area contributed by atoms with Crippen LogP contribution in [0.4, 0.5) is 5.69 Å². The summed E-state index contributed by atoms with van der Waals surface area (Å²) in [5, 5.41) is 3.26. The molecule has 4 nitrogen and oxygen atoms in total. The summed E-state index contributed by atoms with van der Waals surface area (Å²) >= 11 is 0. The summed E-state index contributed by atoms with van der Waals surface area (Å²) in [6.07, 6.45) is 0.342. The van der Waals surface area contributed by atoms with E-state index in [9.17, 15) is 4.79 Å². The summed E-state index contributed by atoms with van der Waals surface area (Å²) in [6, 6.07) is 7.70. The summed E-state index contributed by atoms with van der Waals surface area (Å²) in [5.41, 5.74) is 0.899. The largest absolute Gasteiger partial charge is 0.492 e. The van der Waals surface area contributed by atoms with Crippen LogP contribution in [0.3, 0.4) is 0 Å². The van der Waals surface area contributed by atoms with Gasteiger partial charge in [-0.05, 0) is 32.9 Å². The van der Waals surface area contributed by atoms with Crippen LogP contribution in [-0.4, -0.2) is 25.2 Å². The van der Waals surface area contributed by atoms with E-state index < -0.39 is 0 Å². The standard InChI is InChI=1S/C14H21NO3/c1-4-17-13-9-7-6-8-12(13)15-11(3)10-14(16)18-5-2/h6-9,11,15H,4-5,10H2,1-3H3. The van der Waals surface area contributed by atoms with Crippen LogP contribution in [0.25, 0.3) is 0 Å². The first-order valence-corrected chi connectivity index (χ1v) is 6.31. The number of ether oxygens (including phenoxy) is 2. The molecule has 1 unspecified atom stereocenters. The lowest BCUT2D eigenvalue weighted by molar-refractivity contribution is -0.143. The van der Waals surface area contributed by atoms with E-state index in [1.54, 1.807) is 6.92 Å². The van der Waals surface area contributed by atoms with E-state index in [1.165, 1.54) is 0 Å². The molecule has 1 aromatic rings. The van der Waals surface area contributed by atoms with E-state index in [4.69, 9.17) is 9.47 Å². The maximum atomic E-state index is 11.4. The molecule has 0 spiro atoms. The molecule has 0 bridgehead atoms. The Hall–Kier alpha value is -1.71. The molecule has 0 saturated carbocycles. The lowest BCUT2D eigenvalue weighted by Crippen LogP contribution is -2.21. The zero-order chi connectivity index (χ0) is 13.4. The van der Waals surface area contributed by atoms with Gasteiger partial charge in [-0.3, -0.25) is 4.79 Å². The third kappa shape index (κ3) is 4.65. The minimum Gasteiger partial charge on any atom is -0.492 e. The Morgan fingerprint density at radius 2 is 2.00 bits per heavy atom. The van der Waals surface area contributed by atoms with Crippen LogP contribution in [0.1, 0.15) is 27.2 Å². The normalized spacial score (nSPS) is 11.7. The highest BCUT2D eigenvalue weighted by Gasteiger charge is 2.11. The molecule has 1 rings (SSSR count). The van der Waals surface area contributed by atoms with E-state index in [1.807, 2.05) is 38.1 Å². The number of anilines is 1. The average molecular weight is 251 g/mol. The molecule has 0 aliphatic rings. The van der Waals surface area contributed by atoms with Crippen LogP contribution in [0.2, 0.25) is 0 Å². The summed E-state index contributed by atoms with van der Waals surface area (Å²) in [7, 11) is 0. The fraction of sp³-hybridized carbons (Fsp3) is 0.500. The van der Waals surface area contributed by atoms with Crippen LogP contribution < -0.4 is 10.1 Å². The first-order chi connectivity index (χ1) is 8.67. The molecule has 0 aromatic heterocycles. The number of para-hydroxylation sites is 2. The molecule has 100 valence electrons. The number of carbonyl (C=O) groups excluding carboxylic acids is 1. The van der Waals surface area contributed by atoms with Crippen LogP contribution in [0, 0.1) is 0 Å². The van der Waals surface area contributed by atoms with Crippen molar-refractivity contribution < 1.29 is 14.3 Å². The second-order valence-electron chi connectivity index (χ2n) is 3.98. The van der Waals surface area contributed by atoms with Crippen LogP contribution in [-0.2, 0) is 9.53 Å². The number of hydrogen-bond donors (Lipinski definition) is 1. The third-order valence-corrected chi connectivity index (χ3v) is 2.37. The van der Waals surface area contributed by atoms with E-state index in [-0.39, 0.29) is 12.0 Å². The Labute approximate surface area is 108 Å². The molecule has 0 saturated heterocycles. The quantitative estimate of drug-likeness (QED) is 0.757. The minimum atomic E-state index is -0.189. The van der Waals surface area contributed by atoms with E-state index in [0.29, 0.717) is 19.6 Å². The summed E-state index contributed by atoms with van der Waals surface area (Å²) < 4.78 is 10.4. The molecule has 1 N–H and O–H groups in total. The Morgan fingerprint density at radius 3 is 2.67 bits per heavy atom. The smallest absolute Gasteiger partial charge is 0.307 e. The highest BCUT2D eigenvalue weighted by molar-refractivity contribution is 5.71. The second-order valence-corrected chi connectivity index (χ2v) is 3.98. The van der Waals surface area contributed by atoms with Gasteiger partial charge < -0.3 is 14.8 Å². The van der Waals surface area contributed by atoms with Gasteiger partial charge in [-0.25, -0.2) is 0 Å². The molecule has 0 aliphatic heterocycles. The maximum Gasteiger partial charge on any atom is 0.307 e. The van der Waals surface area contributed by atoms with Gasteiger partial charge in [0.05, 0.1) is 25.3 Å². The van der Waals surface area contributed by atoms with Crippen molar-refractivity contribution in [2.45, 2.75) is 33.2 Å². The number of esters is 1. The first-order valence-electron chi connectivity index (χ1n) is 6.31. The van der Waals surface area contributed by atoms with Gasteiger partial charge in [-0.15, -0.1) is 0 Å². The Kier molecular flexibility index (Phi) is 6.05. The molecule has 1 aromatic carbocycles. The zero-order valence-electron chi connectivity index (χ0n) is 11.2. The summed E-state index contributed by atoms with van der Waals surface area (Å²) in [5.74, 6) is 0.613. The van der Waals surface area contributed by atoms with Gasteiger partial charge in [0.15, 0.2) is 0 Å². The third-order valence-electron chi connectivity index (χ3n) is 2.37. The van der Waals surface area contributed by atoms with Crippen molar-refractivity contribution in [2.24, 2.45) is 0 Å². The predicted octanol–water partition coefficient (Wildman–Crippen LogP) is 2.84. The average Bonchev–Trinajstić information content (AvgIpc) is 2.32. The topological polar surface area (TPSA) is 47.6 Å². The van der Waals surface area contributed by atoms with E-state index in [0.717, 1.165) is 11.4 Å². The van der Waals surface area contributed by atoms with E-state index >= 15 is 0 Å². The Bertz CT molecular complexity index is 379. The molecule has 1 atom stereocenters. The molecule has 0 fully saturated rings. The molecule has 0 heterocycles. The fourth-order valence-corrected chi connectivity index (χ4v) is 1.65. The summed E-state index contributed by atoms with van der Waals surface area (Å²) in [6.45, 7) is 6.73. The Morgan fingerprint density at radius 1 is 1.28 bits per heavy atom. The molecule has 0 aliphatic carbocycles. The van der Waals surface area contributed by atoms with Crippen molar-refractivity contribution in [3.8, 4) is 5.75 Å². The lowest BCUT2D eigenvalue weighted by atomic mass is 10.2. The fourth-order valence-electron chi connectivity index (χ4n) is 1.65. The SMILES string of the molecule is CCOC(=O)CC(C)Nc1ccccc1OCC. The number of carbonyl (C=O) groups is 1. The zero-order valence-corrected chi connectivity index (χ0v) is 11.2. The van der Waals surface area contributed by atoms with Crippen LogP contribution >= 0.6 is 0 Å². The van der Waals surface area contributed by atoms with E-state index in [2.05, 4.69) is 5.32 Å². The van der Waals surface area contributed by atoms with Gasteiger partial charge in [0.25, 0.3) is 0 Å². The lowest BCUT2D eigenvalue weighted by Gasteiger charge is -2.17.